The second kappa shape index (κ2) is 6.24. The van der Waals surface area contributed by atoms with Gasteiger partial charge in [0.15, 0.2) is 0 Å². The van der Waals surface area contributed by atoms with E-state index in [0.717, 1.165) is 43.6 Å². The molecule has 1 aliphatic heterocycles. The Morgan fingerprint density at radius 3 is 2.14 bits per heavy atom. The lowest BCUT2D eigenvalue weighted by atomic mass is 9.96. The molecule has 0 unspecified atom stereocenters. The Kier molecular flexibility index (Phi) is 4.36. The SMILES string of the molecule is COc1cc(C)cc(OC)c1[C@H](C1CC1)N1CCNCC1. The maximum absolute atomic E-state index is 5.70. The van der Waals surface area contributed by atoms with Gasteiger partial charge in [-0.1, -0.05) is 0 Å². The van der Waals surface area contributed by atoms with Crippen LogP contribution >= 0.6 is 0 Å². The van der Waals surface area contributed by atoms with Crippen LogP contribution < -0.4 is 14.8 Å². The lowest BCUT2D eigenvalue weighted by Crippen LogP contribution is -2.45. The number of nitrogens with one attached hydrogen (secondary N) is 1. The first-order valence-electron chi connectivity index (χ1n) is 7.92. The van der Waals surface area contributed by atoms with E-state index in [9.17, 15) is 0 Å². The Morgan fingerprint density at radius 1 is 1.10 bits per heavy atom. The fourth-order valence-electron chi connectivity index (χ4n) is 3.45. The number of hydrogen-bond donors (Lipinski definition) is 1. The van der Waals surface area contributed by atoms with E-state index in [-0.39, 0.29) is 0 Å². The van der Waals surface area contributed by atoms with Crippen molar-refractivity contribution in [2.45, 2.75) is 25.8 Å². The lowest BCUT2D eigenvalue weighted by Gasteiger charge is -2.36. The summed E-state index contributed by atoms with van der Waals surface area (Å²) in [5.74, 6) is 2.69. The van der Waals surface area contributed by atoms with Crippen LogP contribution in [-0.2, 0) is 0 Å². The van der Waals surface area contributed by atoms with Crippen LogP contribution in [0.25, 0.3) is 0 Å². The first kappa shape index (κ1) is 14.7. The lowest BCUT2D eigenvalue weighted by molar-refractivity contribution is 0.150. The zero-order chi connectivity index (χ0) is 14.8. The predicted octanol–water partition coefficient (Wildman–Crippen LogP) is 2.37. The van der Waals surface area contributed by atoms with Gasteiger partial charge in [0.1, 0.15) is 11.5 Å². The van der Waals surface area contributed by atoms with Gasteiger partial charge in [0, 0.05) is 32.2 Å². The number of aryl methyl sites for hydroxylation is 1. The molecule has 1 N–H and O–H groups in total. The third-order valence-corrected chi connectivity index (χ3v) is 4.60. The van der Waals surface area contributed by atoms with Crippen molar-refractivity contribution in [3.63, 3.8) is 0 Å². The molecule has 0 spiro atoms. The molecule has 2 fully saturated rings. The minimum Gasteiger partial charge on any atom is -0.496 e. The molecule has 1 saturated heterocycles. The fourth-order valence-corrected chi connectivity index (χ4v) is 3.45. The van der Waals surface area contributed by atoms with Gasteiger partial charge in [-0.3, -0.25) is 4.90 Å². The van der Waals surface area contributed by atoms with Gasteiger partial charge in [-0.25, -0.2) is 0 Å². The van der Waals surface area contributed by atoms with Crippen LogP contribution in [0, 0.1) is 12.8 Å². The second-order valence-electron chi connectivity index (χ2n) is 6.15. The van der Waals surface area contributed by atoms with E-state index in [1.54, 1.807) is 14.2 Å². The van der Waals surface area contributed by atoms with Gasteiger partial charge in [0.05, 0.1) is 19.8 Å². The summed E-state index contributed by atoms with van der Waals surface area (Å²) < 4.78 is 11.4. The smallest absolute Gasteiger partial charge is 0.127 e. The molecule has 0 amide bonds. The number of hydrogen-bond acceptors (Lipinski definition) is 4. The van der Waals surface area contributed by atoms with Crippen LogP contribution in [0.3, 0.4) is 0 Å². The molecule has 4 heteroatoms. The average molecular weight is 290 g/mol. The van der Waals surface area contributed by atoms with E-state index < -0.39 is 0 Å². The van der Waals surface area contributed by atoms with Crippen LogP contribution in [0.5, 0.6) is 11.5 Å². The summed E-state index contributed by atoms with van der Waals surface area (Å²) in [6.45, 7) is 6.42. The van der Waals surface area contributed by atoms with Crippen molar-refractivity contribution in [1.29, 1.82) is 0 Å². The van der Waals surface area contributed by atoms with Crippen molar-refractivity contribution in [1.82, 2.24) is 10.2 Å². The molecule has 2 aliphatic rings. The van der Waals surface area contributed by atoms with Crippen molar-refractivity contribution in [2.24, 2.45) is 5.92 Å². The van der Waals surface area contributed by atoms with Gasteiger partial charge < -0.3 is 14.8 Å². The zero-order valence-corrected chi connectivity index (χ0v) is 13.3. The molecule has 116 valence electrons. The Hall–Kier alpha value is -1.26. The normalized spacial score (nSPS) is 21.1. The second-order valence-corrected chi connectivity index (χ2v) is 6.15. The number of benzene rings is 1. The van der Waals surface area contributed by atoms with Crippen LogP contribution in [0.15, 0.2) is 12.1 Å². The molecule has 21 heavy (non-hydrogen) atoms. The van der Waals surface area contributed by atoms with E-state index in [4.69, 9.17) is 9.47 Å². The Labute approximate surface area is 127 Å². The number of ether oxygens (including phenoxy) is 2. The summed E-state index contributed by atoms with van der Waals surface area (Å²) in [5, 5.41) is 3.44. The minimum absolute atomic E-state index is 0.428. The molecule has 1 atom stereocenters. The summed E-state index contributed by atoms with van der Waals surface area (Å²) >= 11 is 0. The predicted molar refractivity (Wildman–Crippen MR) is 84.2 cm³/mol. The topological polar surface area (TPSA) is 33.7 Å². The maximum atomic E-state index is 5.70. The Morgan fingerprint density at radius 2 is 1.67 bits per heavy atom. The highest BCUT2D eigenvalue weighted by atomic mass is 16.5. The molecule has 3 rings (SSSR count). The highest BCUT2D eigenvalue weighted by Gasteiger charge is 2.39. The average Bonchev–Trinajstić information content (AvgIpc) is 3.34. The van der Waals surface area contributed by atoms with Crippen molar-refractivity contribution in [2.75, 3.05) is 40.4 Å². The summed E-state index contributed by atoms with van der Waals surface area (Å²) in [4.78, 5) is 2.60. The van der Waals surface area contributed by atoms with Gasteiger partial charge in [-0.05, 0) is 43.4 Å². The summed E-state index contributed by atoms with van der Waals surface area (Å²) in [7, 11) is 3.53. The largest absolute Gasteiger partial charge is 0.496 e. The van der Waals surface area contributed by atoms with Gasteiger partial charge in [0.25, 0.3) is 0 Å². The molecule has 1 aromatic rings. The number of nitrogens with zero attached hydrogens (tertiary/aromatic N) is 1. The molecule has 1 aliphatic carbocycles. The van der Waals surface area contributed by atoms with Crippen LogP contribution in [-0.4, -0.2) is 45.3 Å². The number of rotatable bonds is 5. The van der Waals surface area contributed by atoms with Gasteiger partial charge in [0.2, 0.25) is 0 Å². The summed E-state index contributed by atoms with van der Waals surface area (Å²) in [6.07, 6.45) is 2.63. The Balaban J connectivity index is 2.01. The fraction of sp³-hybridized carbons (Fsp3) is 0.647. The molecular weight excluding hydrogens is 264 g/mol. The monoisotopic (exact) mass is 290 g/mol. The zero-order valence-electron chi connectivity index (χ0n) is 13.3. The molecular formula is C17H26N2O2. The molecule has 0 radical (unpaired) electrons. The number of piperazine rings is 1. The standard InChI is InChI=1S/C17H26N2O2/c1-12-10-14(20-2)16(15(11-12)21-3)17(13-4-5-13)19-8-6-18-7-9-19/h10-11,13,17-18H,4-9H2,1-3H3/t17-/m0/s1. The van der Waals surface area contributed by atoms with Crippen molar-refractivity contribution >= 4 is 0 Å². The molecule has 0 aromatic heterocycles. The van der Waals surface area contributed by atoms with E-state index in [1.807, 2.05) is 0 Å². The molecule has 1 heterocycles. The van der Waals surface area contributed by atoms with Gasteiger partial charge in [-0.15, -0.1) is 0 Å². The minimum atomic E-state index is 0.428. The van der Waals surface area contributed by atoms with E-state index in [1.165, 1.54) is 24.0 Å². The van der Waals surface area contributed by atoms with Crippen LogP contribution in [0.2, 0.25) is 0 Å². The first-order valence-corrected chi connectivity index (χ1v) is 7.92. The third-order valence-electron chi connectivity index (χ3n) is 4.60. The van der Waals surface area contributed by atoms with Crippen molar-refractivity contribution < 1.29 is 9.47 Å². The van der Waals surface area contributed by atoms with Crippen LogP contribution in [0.4, 0.5) is 0 Å². The first-order chi connectivity index (χ1) is 10.2. The summed E-state index contributed by atoms with van der Waals surface area (Å²) in [5.41, 5.74) is 2.43. The molecule has 4 nitrogen and oxygen atoms in total. The van der Waals surface area contributed by atoms with E-state index in [2.05, 4.69) is 29.3 Å². The van der Waals surface area contributed by atoms with E-state index >= 15 is 0 Å². The molecule has 1 aromatic carbocycles. The molecule has 1 saturated carbocycles. The van der Waals surface area contributed by atoms with E-state index in [0.29, 0.717) is 6.04 Å². The maximum Gasteiger partial charge on any atom is 0.127 e. The highest BCUT2D eigenvalue weighted by molar-refractivity contribution is 5.50. The number of methoxy groups -OCH3 is 2. The van der Waals surface area contributed by atoms with Crippen molar-refractivity contribution in [3.8, 4) is 11.5 Å². The van der Waals surface area contributed by atoms with Crippen molar-refractivity contribution in [3.05, 3.63) is 23.3 Å². The molecule has 0 bridgehead atoms. The highest BCUT2D eigenvalue weighted by Crippen LogP contribution is 2.50. The summed E-state index contributed by atoms with van der Waals surface area (Å²) in [6, 6.07) is 4.70. The quantitative estimate of drug-likeness (QED) is 0.902. The van der Waals surface area contributed by atoms with Gasteiger partial charge in [-0.2, -0.15) is 0 Å². The third kappa shape index (κ3) is 3.01. The van der Waals surface area contributed by atoms with Gasteiger partial charge >= 0.3 is 0 Å². The van der Waals surface area contributed by atoms with Crippen LogP contribution in [0.1, 0.15) is 30.0 Å². The Bertz CT molecular complexity index is 469.